The highest BCUT2D eigenvalue weighted by atomic mass is 16.5. The largest absolute Gasteiger partial charge is 0.480 e. The molecule has 4 rings (SSSR count). The first kappa shape index (κ1) is 15.4. The van der Waals surface area contributed by atoms with Gasteiger partial charge in [-0.05, 0) is 55.7 Å². The number of amides is 1. The van der Waals surface area contributed by atoms with E-state index >= 15 is 0 Å². The highest BCUT2D eigenvalue weighted by molar-refractivity contribution is 5.94. The van der Waals surface area contributed by atoms with E-state index in [4.69, 9.17) is 4.74 Å². The molecule has 1 N–H and O–H groups in total. The molecule has 0 radical (unpaired) electrons. The number of nitrogens with one attached hydrogen (secondary N) is 1. The van der Waals surface area contributed by atoms with Crippen molar-refractivity contribution in [3.8, 4) is 11.4 Å². The van der Waals surface area contributed by atoms with Gasteiger partial charge in [-0.3, -0.25) is 9.36 Å². The number of hydrogen-bond donors (Lipinski definition) is 1. The monoisotopic (exact) mass is 334 g/mol. The molecule has 0 aliphatic carbocycles. The van der Waals surface area contributed by atoms with Crippen molar-refractivity contribution < 1.29 is 9.53 Å². The third-order valence-corrected chi connectivity index (χ3v) is 4.31. The van der Waals surface area contributed by atoms with E-state index in [1.807, 2.05) is 36.4 Å². The molecule has 6 heteroatoms. The quantitative estimate of drug-likeness (QED) is 0.799. The van der Waals surface area contributed by atoms with E-state index in [0.717, 1.165) is 23.5 Å². The molecule has 1 amide bonds. The van der Waals surface area contributed by atoms with Crippen molar-refractivity contribution in [1.82, 2.24) is 14.8 Å². The second-order valence-corrected chi connectivity index (χ2v) is 6.16. The standard InChI is InChI=1S/C19H18N4O2/c1-13-2-8-17-14(10-13)3-9-18(25-17)19(24)22-15-4-6-16(7-5-15)23-11-20-21-12-23/h2,4-8,10-12,18H,3,9H2,1H3,(H,22,24)/t18-/m1/s1. The number of benzene rings is 2. The van der Waals surface area contributed by atoms with Crippen LogP contribution in [0.1, 0.15) is 17.5 Å². The minimum atomic E-state index is -0.465. The molecular formula is C19H18N4O2. The maximum Gasteiger partial charge on any atom is 0.265 e. The summed E-state index contributed by atoms with van der Waals surface area (Å²) in [5.74, 6) is 0.684. The van der Waals surface area contributed by atoms with Crippen molar-refractivity contribution in [1.29, 1.82) is 0 Å². The number of nitrogens with zero attached hydrogens (tertiary/aromatic N) is 3. The first-order valence-corrected chi connectivity index (χ1v) is 8.21. The third kappa shape index (κ3) is 3.24. The van der Waals surface area contributed by atoms with Crippen LogP contribution in [0.25, 0.3) is 5.69 Å². The molecule has 1 aromatic heterocycles. The van der Waals surface area contributed by atoms with E-state index in [1.165, 1.54) is 11.1 Å². The normalized spacial score (nSPS) is 16.0. The molecule has 3 aromatic rings. The first-order valence-electron chi connectivity index (χ1n) is 8.21. The van der Waals surface area contributed by atoms with Crippen LogP contribution >= 0.6 is 0 Å². The SMILES string of the molecule is Cc1ccc2c(c1)CC[C@H](C(=O)Nc1ccc(-n3cnnc3)cc1)O2. The third-order valence-electron chi connectivity index (χ3n) is 4.31. The van der Waals surface area contributed by atoms with E-state index in [0.29, 0.717) is 6.42 Å². The van der Waals surface area contributed by atoms with Gasteiger partial charge in [-0.2, -0.15) is 0 Å². The number of ether oxygens (including phenoxy) is 1. The summed E-state index contributed by atoms with van der Waals surface area (Å²) in [7, 11) is 0. The van der Waals surface area contributed by atoms with Crippen LogP contribution in [-0.4, -0.2) is 26.8 Å². The Hall–Kier alpha value is -3.15. The molecule has 25 heavy (non-hydrogen) atoms. The van der Waals surface area contributed by atoms with E-state index in [1.54, 1.807) is 17.2 Å². The average Bonchev–Trinajstić information content (AvgIpc) is 3.16. The molecule has 1 atom stereocenters. The van der Waals surface area contributed by atoms with Crippen LogP contribution < -0.4 is 10.1 Å². The lowest BCUT2D eigenvalue weighted by Gasteiger charge is -2.25. The van der Waals surface area contributed by atoms with Gasteiger partial charge >= 0.3 is 0 Å². The van der Waals surface area contributed by atoms with Gasteiger partial charge in [-0.1, -0.05) is 17.7 Å². The van der Waals surface area contributed by atoms with Crippen LogP contribution in [-0.2, 0) is 11.2 Å². The Morgan fingerprint density at radius 2 is 1.92 bits per heavy atom. The van der Waals surface area contributed by atoms with E-state index in [9.17, 15) is 4.79 Å². The van der Waals surface area contributed by atoms with Gasteiger partial charge in [-0.15, -0.1) is 10.2 Å². The minimum absolute atomic E-state index is 0.122. The molecule has 2 aromatic carbocycles. The zero-order chi connectivity index (χ0) is 17.2. The second kappa shape index (κ2) is 6.39. The molecule has 0 spiro atoms. The van der Waals surface area contributed by atoms with Gasteiger partial charge in [0.05, 0.1) is 0 Å². The maximum absolute atomic E-state index is 12.5. The van der Waals surface area contributed by atoms with Crippen LogP contribution in [0.15, 0.2) is 55.1 Å². The number of aromatic nitrogens is 3. The van der Waals surface area contributed by atoms with Crippen molar-refractivity contribution in [3.63, 3.8) is 0 Å². The average molecular weight is 334 g/mol. The summed E-state index contributed by atoms with van der Waals surface area (Å²) < 4.78 is 7.67. The lowest BCUT2D eigenvalue weighted by Crippen LogP contribution is -2.35. The molecule has 2 heterocycles. The predicted octanol–water partition coefficient (Wildman–Crippen LogP) is 2.91. The fourth-order valence-corrected chi connectivity index (χ4v) is 2.98. The highest BCUT2D eigenvalue weighted by Gasteiger charge is 2.26. The number of hydrogen-bond acceptors (Lipinski definition) is 4. The van der Waals surface area contributed by atoms with Crippen molar-refractivity contribution in [3.05, 3.63) is 66.2 Å². The number of aryl methyl sites for hydroxylation is 2. The van der Waals surface area contributed by atoms with Crippen molar-refractivity contribution in [2.45, 2.75) is 25.9 Å². The smallest absolute Gasteiger partial charge is 0.265 e. The molecule has 1 aliphatic rings. The van der Waals surface area contributed by atoms with Gasteiger partial charge < -0.3 is 10.1 Å². The summed E-state index contributed by atoms with van der Waals surface area (Å²) in [6.07, 6.45) is 4.32. The van der Waals surface area contributed by atoms with Crippen LogP contribution in [0.4, 0.5) is 5.69 Å². The van der Waals surface area contributed by atoms with Gasteiger partial charge in [0.2, 0.25) is 0 Å². The van der Waals surface area contributed by atoms with Crippen LogP contribution in [0.2, 0.25) is 0 Å². The van der Waals surface area contributed by atoms with Crippen LogP contribution in [0.5, 0.6) is 5.75 Å². The number of anilines is 1. The molecule has 0 fully saturated rings. The predicted molar refractivity (Wildman–Crippen MR) is 93.9 cm³/mol. The number of fused-ring (bicyclic) bond motifs is 1. The molecule has 6 nitrogen and oxygen atoms in total. The van der Waals surface area contributed by atoms with Crippen molar-refractivity contribution >= 4 is 11.6 Å². The summed E-state index contributed by atoms with van der Waals surface area (Å²) in [6, 6.07) is 13.6. The lowest BCUT2D eigenvalue weighted by molar-refractivity contribution is -0.123. The zero-order valence-corrected chi connectivity index (χ0v) is 13.8. The number of carbonyl (C=O) groups is 1. The Morgan fingerprint density at radius 1 is 1.16 bits per heavy atom. The van der Waals surface area contributed by atoms with Crippen molar-refractivity contribution in [2.24, 2.45) is 0 Å². The second-order valence-electron chi connectivity index (χ2n) is 6.16. The summed E-state index contributed by atoms with van der Waals surface area (Å²) in [4.78, 5) is 12.5. The minimum Gasteiger partial charge on any atom is -0.480 e. The van der Waals surface area contributed by atoms with E-state index in [-0.39, 0.29) is 5.91 Å². The number of carbonyl (C=O) groups excluding carboxylic acids is 1. The van der Waals surface area contributed by atoms with Crippen molar-refractivity contribution in [2.75, 3.05) is 5.32 Å². The Kier molecular flexibility index (Phi) is 3.93. The lowest BCUT2D eigenvalue weighted by atomic mass is 10.00. The van der Waals surface area contributed by atoms with Gasteiger partial charge in [-0.25, -0.2) is 0 Å². The van der Waals surface area contributed by atoms with Crippen LogP contribution in [0.3, 0.4) is 0 Å². The fraction of sp³-hybridized carbons (Fsp3) is 0.211. The topological polar surface area (TPSA) is 69.0 Å². The molecular weight excluding hydrogens is 316 g/mol. The Labute approximate surface area is 145 Å². The summed E-state index contributed by atoms with van der Waals surface area (Å²) in [6.45, 7) is 2.06. The van der Waals surface area contributed by atoms with E-state index < -0.39 is 6.10 Å². The fourth-order valence-electron chi connectivity index (χ4n) is 2.98. The molecule has 1 aliphatic heterocycles. The molecule has 0 bridgehead atoms. The molecule has 0 unspecified atom stereocenters. The summed E-state index contributed by atoms with van der Waals surface area (Å²) in [5, 5.41) is 10.5. The summed E-state index contributed by atoms with van der Waals surface area (Å²) in [5.41, 5.74) is 4.04. The van der Waals surface area contributed by atoms with Crippen LogP contribution in [0, 0.1) is 6.92 Å². The van der Waals surface area contributed by atoms with Gasteiger partial charge in [0.15, 0.2) is 6.10 Å². The molecule has 0 saturated heterocycles. The Morgan fingerprint density at radius 3 is 2.68 bits per heavy atom. The maximum atomic E-state index is 12.5. The number of rotatable bonds is 3. The van der Waals surface area contributed by atoms with Gasteiger partial charge in [0.1, 0.15) is 18.4 Å². The molecule has 0 saturated carbocycles. The van der Waals surface area contributed by atoms with Gasteiger partial charge in [0.25, 0.3) is 5.91 Å². The summed E-state index contributed by atoms with van der Waals surface area (Å²) >= 11 is 0. The van der Waals surface area contributed by atoms with Gasteiger partial charge in [0, 0.05) is 11.4 Å². The first-order chi connectivity index (χ1) is 12.2. The van der Waals surface area contributed by atoms with E-state index in [2.05, 4.69) is 28.5 Å². The Balaban J connectivity index is 1.43. The zero-order valence-electron chi connectivity index (χ0n) is 13.8. The Bertz CT molecular complexity index is 888. The molecule has 126 valence electrons. The highest BCUT2D eigenvalue weighted by Crippen LogP contribution is 2.28.